The van der Waals surface area contributed by atoms with Crippen molar-refractivity contribution < 1.29 is 9.84 Å². The molecule has 0 aliphatic carbocycles. The summed E-state index contributed by atoms with van der Waals surface area (Å²) >= 11 is 0. The molecule has 3 heterocycles. The molecular formula is C29H36N2O2. The first-order valence-corrected chi connectivity index (χ1v) is 12.7. The fourth-order valence-corrected chi connectivity index (χ4v) is 5.93. The van der Waals surface area contributed by atoms with E-state index in [4.69, 9.17) is 4.74 Å². The minimum Gasteiger partial charge on any atom is -0.395 e. The van der Waals surface area contributed by atoms with Crippen LogP contribution in [0.25, 0.3) is 0 Å². The van der Waals surface area contributed by atoms with Crippen LogP contribution < -0.4 is 0 Å². The molecule has 3 fully saturated rings. The van der Waals surface area contributed by atoms with E-state index in [1.54, 1.807) is 0 Å². The minimum absolute atomic E-state index is 0.233. The van der Waals surface area contributed by atoms with E-state index < -0.39 is 0 Å². The number of fused-ring (bicyclic) bond motifs is 1. The van der Waals surface area contributed by atoms with Gasteiger partial charge in [0.2, 0.25) is 0 Å². The Kier molecular flexibility index (Phi) is 7.43. The Bertz CT molecular complexity index is 943. The molecule has 174 valence electrons. The number of benzene rings is 2. The van der Waals surface area contributed by atoms with Gasteiger partial charge in [0.05, 0.1) is 6.61 Å². The second kappa shape index (κ2) is 10.8. The second-order valence-corrected chi connectivity index (χ2v) is 9.84. The van der Waals surface area contributed by atoms with Crippen LogP contribution in [0.15, 0.2) is 54.6 Å². The first-order valence-electron chi connectivity index (χ1n) is 12.7. The van der Waals surface area contributed by atoms with Gasteiger partial charge in [0.15, 0.2) is 0 Å². The highest BCUT2D eigenvalue weighted by Crippen LogP contribution is 2.42. The first kappa shape index (κ1) is 22.6. The standard InChI is InChI=1S/C29H36N2O2/c32-22-28-29(26-12-10-24(11-13-26)9-8-23-6-2-1-3-7-23)27-21-30(16-4-5-17-31(27)28)20-25-14-18-33-19-15-25/h1-3,6-7,10-13,25,27-29,32H,4-5,14-22H2/t27-,28-,29-/m0/s1. The zero-order valence-electron chi connectivity index (χ0n) is 19.5. The summed E-state index contributed by atoms with van der Waals surface area (Å²) in [5, 5.41) is 10.2. The number of rotatable bonds is 4. The highest BCUT2D eigenvalue weighted by Gasteiger charge is 2.49. The van der Waals surface area contributed by atoms with E-state index in [0.717, 1.165) is 43.3 Å². The number of nitrogens with zero attached hydrogens (tertiary/aromatic N) is 2. The highest BCUT2D eigenvalue weighted by atomic mass is 16.5. The van der Waals surface area contributed by atoms with Crippen LogP contribution >= 0.6 is 0 Å². The maximum atomic E-state index is 10.2. The summed E-state index contributed by atoms with van der Waals surface area (Å²) in [6.07, 6.45) is 4.86. The third-order valence-electron chi connectivity index (χ3n) is 7.73. The van der Waals surface area contributed by atoms with Gasteiger partial charge < -0.3 is 14.7 Å². The van der Waals surface area contributed by atoms with Gasteiger partial charge in [-0.15, -0.1) is 0 Å². The van der Waals surface area contributed by atoms with E-state index in [-0.39, 0.29) is 12.6 Å². The van der Waals surface area contributed by atoms with Crippen LogP contribution in [0, 0.1) is 17.8 Å². The van der Waals surface area contributed by atoms with E-state index >= 15 is 0 Å². The number of aliphatic hydroxyl groups is 1. The minimum atomic E-state index is 0.233. The fourth-order valence-electron chi connectivity index (χ4n) is 5.93. The van der Waals surface area contributed by atoms with Crippen molar-refractivity contribution in [2.24, 2.45) is 5.92 Å². The third kappa shape index (κ3) is 5.34. The average Bonchev–Trinajstić information content (AvgIpc) is 2.85. The predicted molar refractivity (Wildman–Crippen MR) is 132 cm³/mol. The Morgan fingerprint density at radius 3 is 2.30 bits per heavy atom. The van der Waals surface area contributed by atoms with Gasteiger partial charge in [0.1, 0.15) is 0 Å². The van der Waals surface area contributed by atoms with Crippen molar-refractivity contribution in [3.63, 3.8) is 0 Å². The Morgan fingerprint density at radius 1 is 0.879 bits per heavy atom. The lowest BCUT2D eigenvalue weighted by Crippen LogP contribution is -2.67. The van der Waals surface area contributed by atoms with Crippen LogP contribution in [0.3, 0.4) is 0 Å². The summed E-state index contributed by atoms with van der Waals surface area (Å²) in [6.45, 7) is 6.68. The van der Waals surface area contributed by atoms with Crippen molar-refractivity contribution in [2.75, 3.05) is 46.0 Å². The van der Waals surface area contributed by atoms with Crippen molar-refractivity contribution in [1.29, 1.82) is 0 Å². The largest absolute Gasteiger partial charge is 0.395 e. The maximum absolute atomic E-state index is 10.2. The number of hydrogen-bond acceptors (Lipinski definition) is 4. The summed E-state index contributed by atoms with van der Waals surface area (Å²) in [7, 11) is 0. The van der Waals surface area contributed by atoms with Crippen LogP contribution in [-0.2, 0) is 4.74 Å². The van der Waals surface area contributed by atoms with E-state index in [9.17, 15) is 5.11 Å². The molecule has 1 N–H and O–H groups in total. The van der Waals surface area contributed by atoms with Crippen molar-refractivity contribution in [1.82, 2.24) is 9.80 Å². The molecule has 2 aromatic rings. The lowest BCUT2D eigenvalue weighted by molar-refractivity contribution is -0.0677. The molecule has 0 unspecified atom stereocenters. The van der Waals surface area contributed by atoms with Crippen LogP contribution in [0.2, 0.25) is 0 Å². The molecule has 5 rings (SSSR count). The van der Waals surface area contributed by atoms with Gasteiger partial charge in [-0.05, 0) is 74.5 Å². The molecule has 0 amide bonds. The molecular weight excluding hydrogens is 408 g/mol. The van der Waals surface area contributed by atoms with Gasteiger partial charge in [-0.2, -0.15) is 0 Å². The molecule has 0 saturated carbocycles. The molecule has 3 saturated heterocycles. The summed E-state index contributed by atoms with van der Waals surface area (Å²) in [5.74, 6) is 7.69. The van der Waals surface area contributed by atoms with E-state index in [2.05, 4.69) is 45.9 Å². The molecule has 0 spiro atoms. The smallest absolute Gasteiger partial charge is 0.0593 e. The summed E-state index contributed by atoms with van der Waals surface area (Å²) in [6, 6.07) is 19.6. The van der Waals surface area contributed by atoms with Gasteiger partial charge in [0.25, 0.3) is 0 Å². The van der Waals surface area contributed by atoms with Crippen molar-refractivity contribution in [3.05, 3.63) is 71.3 Å². The molecule has 4 nitrogen and oxygen atoms in total. The lowest BCUT2D eigenvalue weighted by Gasteiger charge is -2.57. The fraction of sp³-hybridized carbons (Fsp3) is 0.517. The quantitative estimate of drug-likeness (QED) is 0.729. The molecule has 33 heavy (non-hydrogen) atoms. The Labute approximate surface area is 198 Å². The van der Waals surface area contributed by atoms with Crippen LogP contribution in [0.5, 0.6) is 0 Å². The summed E-state index contributed by atoms with van der Waals surface area (Å²) < 4.78 is 5.57. The van der Waals surface area contributed by atoms with Gasteiger partial charge in [-0.25, -0.2) is 0 Å². The molecule has 3 aliphatic rings. The molecule has 3 atom stereocenters. The molecule has 4 heteroatoms. The third-order valence-corrected chi connectivity index (χ3v) is 7.73. The Balaban J connectivity index is 1.29. The second-order valence-electron chi connectivity index (χ2n) is 9.84. The molecule has 3 aliphatic heterocycles. The van der Waals surface area contributed by atoms with Gasteiger partial charge in [-0.3, -0.25) is 4.90 Å². The molecule has 0 bridgehead atoms. The molecule has 0 aromatic heterocycles. The van der Waals surface area contributed by atoms with Crippen LogP contribution in [0.1, 0.15) is 48.3 Å². The van der Waals surface area contributed by atoms with Gasteiger partial charge >= 0.3 is 0 Å². The Hall–Kier alpha value is -2.16. The predicted octanol–water partition coefficient (Wildman–Crippen LogP) is 3.74. The topological polar surface area (TPSA) is 35.9 Å². The van der Waals surface area contributed by atoms with Crippen molar-refractivity contribution in [3.8, 4) is 11.8 Å². The normalized spacial score (nSPS) is 26.9. The van der Waals surface area contributed by atoms with Crippen LogP contribution in [0.4, 0.5) is 0 Å². The number of ether oxygens (including phenoxy) is 1. The van der Waals surface area contributed by atoms with E-state index in [1.165, 1.54) is 44.3 Å². The number of hydrogen-bond donors (Lipinski definition) is 1. The highest BCUT2D eigenvalue weighted by molar-refractivity contribution is 5.44. The zero-order chi connectivity index (χ0) is 22.5. The van der Waals surface area contributed by atoms with E-state index in [1.807, 2.05) is 30.3 Å². The average molecular weight is 445 g/mol. The molecule has 0 radical (unpaired) electrons. The summed E-state index contributed by atoms with van der Waals surface area (Å²) in [4.78, 5) is 5.27. The van der Waals surface area contributed by atoms with E-state index in [0.29, 0.717) is 12.0 Å². The summed E-state index contributed by atoms with van der Waals surface area (Å²) in [5.41, 5.74) is 3.42. The zero-order valence-corrected chi connectivity index (χ0v) is 19.5. The SMILES string of the molecule is OC[C@H]1[C@@H](c2ccc(C#Cc3ccccc3)cc2)[C@@H]2CN(CC3CCOCC3)CCCCN12. The number of aliphatic hydroxyl groups excluding tert-OH is 1. The monoisotopic (exact) mass is 444 g/mol. The van der Waals surface area contributed by atoms with Gasteiger partial charge in [-0.1, -0.05) is 42.2 Å². The lowest BCUT2D eigenvalue weighted by atomic mass is 9.74. The first-order chi connectivity index (χ1) is 16.3. The molecule has 2 aromatic carbocycles. The van der Waals surface area contributed by atoms with Crippen molar-refractivity contribution in [2.45, 2.75) is 43.7 Å². The van der Waals surface area contributed by atoms with Gasteiger partial charge in [0, 0.05) is 55.4 Å². The Morgan fingerprint density at radius 2 is 1.58 bits per heavy atom. The van der Waals surface area contributed by atoms with Crippen LogP contribution in [-0.4, -0.2) is 73.0 Å². The maximum Gasteiger partial charge on any atom is 0.0593 e. The van der Waals surface area contributed by atoms with Crippen molar-refractivity contribution >= 4 is 0 Å².